The Balaban J connectivity index is 4.56. The third-order valence-corrected chi connectivity index (χ3v) is 4.81. The molecule has 0 aliphatic rings. The summed E-state index contributed by atoms with van der Waals surface area (Å²) in [6, 6.07) is -2.54. The highest BCUT2D eigenvalue weighted by Crippen LogP contribution is 2.13. The summed E-state index contributed by atoms with van der Waals surface area (Å²) >= 11 is 0. The maximum atomic E-state index is 11.4. The Morgan fingerprint density at radius 1 is 1.20 bits per heavy atom. The molecule has 0 unspecified atom stereocenters. The average Bonchev–Trinajstić information content (AvgIpc) is 2.23. The minimum atomic E-state index is -3.41. The maximum Gasteiger partial charge on any atom is 0.326 e. The molecule has 0 fully saturated rings. The van der Waals surface area contributed by atoms with Gasteiger partial charge in [0, 0.05) is 12.8 Å². The standard InChI is InChI=1S/C10H18N2O7S/c1-10(2,20(3,18)19)5-11-9(17)12-6(8(15)16)4-7(13)14/h6H,4-5H2,1-3H3,(H,13,14)(H,15,16)(H2,11,12,17)/t6-/m1/s1. The lowest BCUT2D eigenvalue weighted by Crippen LogP contribution is -2.51. The number of carboxylic acids is 2. The van der Waals surface area contributed by atoms with Crippen molar-refractivity contribution in [2.75, 3.05) is 12.8 Å². The number of hydrogen-bond donors (Lipinski definition) is 4. The topological polar surface area (TPSA) is 150 Å². The van der Waals surface area contributed by atoms with Gasteiger partial charge in [-0.1, -0.05) is 0 Å². The summed E-state index contributed by atoms with van der Waals surface area (Å²) in [6.45, 7) is 2.56. The third kappa shape index (κ3) is 5.87. The summed E-state index contributed by atoms with van der Waals surface area (Å²) in [4.78, 5) is 32.6. The summed E-state index contributed by atoms with van der Waals surface area (Å²) in [6.07, 6.45) is 0.231. The largest absolute Gasteiger partial charge is 0.481 e. The van der Waals surface area contributed by atoms with Gasteiger partial charge >= 0.3 is 18.0 Å². The van der Waals surface area contributed by atoms with Crippen LogP contribution in [0.2, 0.25) is 0 Å². The van der Waals surface area contributed by atoms with Gasteiger partial charge in [0.1, 0.15) is 6.04 Å². The first-order chi connectivity index (χ1) is 8.86. The van der Waals surface area contributed by atoms with Crippen molar-refractivity contribution in [1.29, 1.82) is 0 Å². The van der Waals surface area contributed by atoms with Crippen LogP contribution in [-0.2, 0) is 19.4 Å². The molecule has 0 radical (unpaired) electrons. The molecular formula is C10H18N2O7S. The first-order valence-corrected chi connectivity index (χ1v) is 7.44. The van der Waals surface area contributed by atoms with Crippen LogP contribution in [0, 0.1) is 0 Å². The monoisotopic (exact) mass is 310 g/mol. The number of carboxylic acid groups (broad SMARTS) is 2. The summed E-state index contributed by atoms with van der Waals surface area (Å²) in [5.41, 5.74) is 0. The molecule has 0 aromatic carbocycles. The Hall–Kier alpha value is -1.84. The van der Waals surface area contributed by atoms with Gasteiger partial charge in [0.15, 0.2) is 9.84 Å². The Kier molecular flexibility index (Phi) is 5.95. The zero-order chi connectivity index (χ0) is 16.1. The van der Waals surface area contributed by atoms with E-state index < -0.39 is 45.0 Å². The molecule has 0 bridgehead atoms. The van der Waals surface area contributed by atoms with E-state index in [9.17, 15) is 22.8 Å². The number of carbonyl (C=O) groups is 3. The van der Waals surface area contributed by atoms with Crippen LogP contribution < -0.4 is 10.6 Å². The molecule has 0 aliphatic heterocycles. The molecule has 0 saturated heterocycles. The van der Waals surface area contributed by atoms with E-state index >= 15 is 0 Å². The highest BCUT2D eigenvalue weighted by Gasteiger charge is 2.31. The normalized spacial score (nSPS) is 13.3. The second-order valence-corrected chi connectivity index (χ2v) is 7.50. The SMILES string of the molecule is CC(C)(CNC(=O)N[C@H](CC(=O)O)C(=O)O)S(C)(=O)=O. The molecule has 0 aromatic heterocycles. The molecule has 1 atom stereocenters. The van der Waals surface area contributed by atoms with Crippen LogP contribution in [-0.4, -0.2) is 60.2 Å². The van der Waals surface area contributed by atoms with Crippen molar-refractivity contribution in [3.05, 3.63) is 0 Å². The van der Waals surface area contributed by atoms with Crippen molar-refractivity contribution < 1.29 is 33.0 Å². The van der Waals surface area contributed by atoms with Gasteiger partial charge in [-0.05, 0) is 13.8 Å². The maximum absolute atomic E-state index is 11.4. The van der Waals surface area contributed by atoms with Crippen molar-refractivity contribution in [2.24, 2.45) is 0 Å². The van der Waals surface area contributed by atoms with Gasteiger partial charge in [-0.25, -0.2) is 18.0 Å². The Morgan fingerprint density at radius 3 is 2.05 bits per heavy atom. The Morgan fingerprint density at radius 2 is 1.70 bits per heavy atom. The van der Waals surface area contributed by atoms with Gasteiger partial charge < -0.3 is 20.8 Å². The summed E-state index contributed by atoms with van der Waals surface area (Å²) in [7, 11) is -3.41. The van der Waals surface area contributed by atoms with E-state index in [-0.39, 0.29) is 6.54 Å². The van der Waals surface area contributed by atoms with Crippen molar-refractivity contribution in [3.63, 3.8) is 0 Å². The van der Waals surface area contributed by atoms with E-state index in [0.717, 1.165) is 6.26 Å². The number of amides is 2. The number of urea groups is 1. The van der Waals surface area contributed by atoms with Gasteiger partial charge in [-0.3, -0.25) is 4.79 Å². The summed E-state index contributed by atoms with van der Waals surface area (Å²) in [5.74, 6) is -2.88. The van der Waals surface area contributed by atoms with Crippen molar-refractivity contribution >= 4 is 27.8 Å². The van der Waals surface area contributed by atoms with E-state index in [1.54, 1.807) is 0 Å². The van der Waals surface area contributed by atoms with Crippen LogP contribution in [0.25, 0.3) is 0 Å². The quantitative estimate of drug-likeness (QED) is 0.472. The number of aliphatic carboxylic acids is 2. The molecule has 10 heteroatoms. The molecule has 116 valence electrons. The molecule has 0 aliphatic carbocycles. The first kappa shape index (κ1) is 18.2. The Labute approximate surface area is 116 Å². The second kappa shape index (κ2) is 6.55. The molecule has 0 heterocycles. The lowest BCUT2D eigenvalue weighted by molar-refractivity contribution is -0.145. The van der Waals surface area contributed by atoms with E-state index in [0.29, 0.717) is 0 Å². The third-order valence-electron chi connectivity index (χ3n) is 2.66. The van der Waals surface area contributed by atoms with Crippen molar-refractivity contribution in [2.45, 2.75) is 31.1 Å². The van der Waals surface area contributed by atoms with Crippen LogP contribution in [0.4, 0.5) is 4.79 Å². The van der Waals surface area contributed by atoms with Crippen molar-refractivity contribution in [3.8, 4) is 0 Å². The predicted octanol–water partition coefficient (Wildman–Crippen LogP) is -0.963. The lowest BCUT2D eigenvalue weighted by Gasteiger charge is -2.23. The highest BCUT2D eigenvalue weighted by molar-refractivity contribution is 7.92. The van der Waals surface area contributed by atoms with Gasteiger partial charge in [-0.2, -0.15) is 0 Å². The molecule has 9 nitrogen and oxygen atoms in total. The van der Waals surface area contributed by atoms with E-state index in [1.165, 1.54) is 13.8 Å². The second-order valence-electron chi connectivity index (χ2n) is 4.85. The van der Waals surface area contributed by atoms with Crippen LogP contribution in [0.15, 0.2) is 0 Å². The molecule has 4 N–H and O–H groups in total. The van der Waals surface area contributed by atoms with Crippen LogP contribution in [0.1, 0.15) is 20.3 Å². The molecule has 2 amide bonds. The number of hydrogen-bond acceptors (Lipinski definition) is 5. The highest BCUT2D eigenvalue weighted by atomic mass is 32.2. The number of rotatable bonds is 7. The number of sulfone groups is 1. The fraction of sp³-hybridized carbons (Fsp3) is 0.700. The average molecular weight is 310 g/mol. The summed E-state index contributed by atoms with van der Waals surface area (Å²) in [5, 5.41) is 21.4. The fourth-order valence-electron chi connectivity index (χ4n) is 1.01. The minimum absolute atomic E-state index is 0.239. The van der Waals surface area contributed by atoms with Gasteiger partial charge in [0.25, 0.3) is 0 Å². The first-order valence-electron chi connectivity index (χ1n) is 5.55. The smallest absolute Gasteiger partial charge is 0.326 e. The fourth-order valence-corrected chi connectivity index (χ4v) is 1.34. The van der Waals surface area contributed by atoms with Crippen LogP contribution in [0.3, 0.4) is 0 Å². The number of nitrogens with one attached hydrogen (secondary N) is 2. The van der Waals surface area contributed by atoms with E-state index in [1.807, 2.05) is 5.32 Å². The predicted molar refractivity (Wildman–Crippen MR) is 69.1 cm³/mol. The molecule has 0 saturated carbocycles. The van der Waals surface area contributed by atoms with E-state index in [4.69, 9.17) is 10.2 Å². The van der Waals surface area contributed by atoms with Gasteiger partial charge in [-0.15, -0.1) is 0 Å². The molecule has 20 heavy (non-hydrogen) atoms. The number of carbonyl (C=O) groups excluding carboxylic acids is 1. The van der Waals surface area contributed by atoms with E-state index in [2.05, 4.69) is 5.32 Å². The van der Waals surface area contributed by atoms with Crippen LogP contribution in [0.5, 0.6) is 0 Å². The van der Waals surface area contributed by atoms with Crippen molar-refractivity contribution in [1.82, 2.24) is 10.6 Å². The molecule has 0 spiro atoms. The molecule has 0 aromatic rings. The molecule has 0 rings (SSSR count). The minimum Gasteiger partial charge on any atom is -0.481 e. The molecular weight excluding hydrogens is 292 g/mol. The lowest BCUT2D eigenvalue weighted by atomic mass is 10.2. The summed E-state index contributed by atoms with van der Waals surface area (Å²) < 4.78 is 21.6. The Bertz CT molecular complexity index is 498. The van der Waals surface area contributed by atoms with Crippen LogP contribution >= 0.6 is 0 Å². The van der Waals surface area contributed by atoms with Gasteiger partial charge in [0.05, 0.1) is 11.2 Å². The zero-order valence-corrected chi connectivity index (χ0v) is 12.2. The zero-order valence-electron chi connectivity index (χ0n) is 11.3. The van der Waals surface area contributed by atoms with Gasteiger partial charge in [0.2, 0.25) is 0 Å².